The van der Waals surface area contributed by atoms with Gasteiger partial charge in [0, 0.05) is 24.4 Å². The van der Waals surface area contributed by atoms with Crippen molar-refractivity contribution < 1.29 is 9.53 Å². The first-order valence-corrected chi connectivity index (χ1v) is 8.06. The number of rotatable bonds is 5. The molecule has 0 unspecified atom stereocenters. The highest BCUT2D eigenvalue weighted by atomic mass is 32.1. The van der Waals surface area contributed by atoms with Gasteiger partial charge in [0.05, 0.1) is 24.3 Å². The molecule has 1 saturated carbocycles. The number of aromatic nitrogens is 1. The topological polar surface area (TPSA) is 45.7 Å². The van der Waals surface area contributed by atoms with Crippen molar-refractivity contribution in [3.8, 4) is 0 Å². The Morgan fingerprint density at radius 1 is 1.55 bits per heavy atom. The fourth-order valence-electron chi connectivity index (χ4n) is 3.26. The van der Waals surface area contributed by atoms with Gasteiger partial charge in [0.15, 0.2) is 0 Å². The molecule has 3 rings (SSSR count). The monoisotopic (exact) mass is 295 g/mol. The van der Waals surface area contributed by atoms with Gasteiger partial charge >= 0.3 is 0 Å². The molecule has 1 amide bonds. The molecule has 1 aromatic rings. The van der Waals surface area contributed by atoms with E-state index in [1.54, 1.807) is 5.51 Å². The lowest BCUT2D eigenvalue weighted by Crippen LogP contribution is -2.40. The molecule has 3 atom stereocenters. The Kier molecular flexibility index (Phi) is 4.05. The molecule has 6 heteroatoms. The highest BCUT2D eigenvalue weighted by Gasteiger charge is 2.49. The highest BCUT2D eigenvalue weighted by molar-refractivity contribution is 7.07. The summed E-state index contributed by atoms with van der Waals surface area (Å²) in [6, 6.07) is 0.247. The summed E-state index contributed by atoms with van der Waals surface area (Å²) in [5, 5.41) is 1.83. The second-order valence-electron chi connectivity index (χ2n) is 5.87. The van der Waals surface area contributed by atoms with Crippen molar-refractivity contribution in [2.75, 3.05) is 33.8 Å². The summed E-state index contributed by atoms with van der Waals surface area (Å²) >= 11 is 1.47. The number of nitrogens with zero attached hydrogens (tertiary/aromatic N) is 3. The molecule has 0 radical (unpaired) electrons. The van der Waals surface area contributed by atoms with Crippen LogP contribution in [0.2, 0.25) is 0 Å². The van der Waals surface area contributed by atoms with Crippen molar-refractivity contribution >= 4 is 17.2 Å². The predicted molar refractivity (Wildman–Crippen MR) is 78.0 cm³/mol. The summed E-state index contributed by atoms with van der Waals surface area (Å²) in [5.41, 5.74) is 2.29. The number of likely N-dealkylation sites (tertiary alicyclic amines) is 1. The average molecular weight is 295 g/mol. The van der Waals surface area contributed by atoms with Crippen LogP contribution in [-0.2, 0) is 4.74 Å². The molecule has 1 aliphatic carbocycles. The van der Waals surface area contributed by atoms with Crippen LogP contribution < -0.4 is 0 Å². The van der Waals surface area contributed by atoms with Gasteiger partial charge in [-0.1, -0.05) is 0 Å². The molecule has 110 valence electrons. The average Bonchev–Trinajstić information content (AvgIpc) is 3.13. The Morgan fingerprint density at radius 2 is 2.40 bits per heavy atom. The number of fused-ring (bicyclic) bond motifs is 2. The first kappa shape index (κ1) is 14.0. The lowest BCUT2D eigenvalue weighted by molar-refractivity contribution is 0.0200. The number of carbonyl (C=O) groups is 1. The molecular weight excluding hydrogens is 274 g/mol. The van der Waals surface area contributed by atoms with E-state index in [2.05, 4.69) is 9.88 Å². The van der Waals surface area contributed by atoms with Crippen molar-refractivity contribution in [1.29, 1.82) is 0 Å². The van der Waals surface area contributed by atoms with Crippen molar-refractivity contribution in [3.63, 3.8) is 0 Å². The maximum absolute atomic E-state index is 12.4. The van der Waals surface area contributed by atoms with Gasteiger partial charge in [-0.3, -0.25) is 4.79 Å². The number of likely N-dealkylation sites (N-methyl/N-ethyl adjacent to an activating group) is 1. The predicted octanol–water partition coefficient (Wildman–Crippen LogP) is 1.32. The molecule has 20 heavy (non-hydrogen) atoms. The zero-order valence-electron chi connectivity index (χ0n) is 12.0. The number of hydrogen-bond donors (Lipinski definition) is 0. The van der Waals surface area contributed by atoms with E-state index in [9.17, 15) is 4.79 Å². The lowest BCUT2D eigenvalue weighted by Gasteiger charge is -2.26. The van der Waals surface area contributed by atoms with E-state index in [0.717, 1.165) is 26.1 Å². The van der Waals surface area contributed by atoms with E-state index < -0.39 is 0 Å². The largest absolute Gasteiger partial charge is 0.374 e. The number of hydrogen-bond acceptors (Lipinski definition) is 5. The number of carbonyl (C=O) groups excluding carboxylic acids is 1. The third-order valence-corrected chi connectivity index (χ3v) is 4.86. The summed E-state index contributed by atoms with van der Waals surface area (Å²) in [6.45, 7) is 2.49. The molecule has 5 nitrogen and oxygen atoms in total. The van der Waals surface area contributed by atoms with Crippen LogP contribution in [0.1, 0.15) is 23.3 Å². The Morgan fingerprint density at radius 3 is 3.10 bits per heavy atom. The minimum Gasteiger partial charge on any atom is -0.374 e. The van der Waals surface area contributed by atoms with Gasteiger partial charge < -0.3 is 14.5 Å². The smallest absolute Gasteiger partial charge is 0.273 e. The second kappa shape index (κ2) is 5.79. The summed E-state index contributed by atoms with van der Waals surface area (Å²) in [6.07, 6.45) is 2.46. The summed E-state index contributed by atoms with van der Waals surface area (Å²) in [7, 11) is 4.09. The highest BCUT2D eigenvalue weighted by Crippen LogP contribution is 2.40. The Hall–Kier alpha value is -0.980. The first-order chi connectivity index (χ1) is 9.66. The second-order valence-corrected chi connectivity index (χ2v) is 6.59. The lowest BCUT2D eigenvalue weighted by atomic mass is 10.1. The maximum atomic E-state index is 12.4. The quantitative estimate of drug-likeness (QED) is 0.822. The fourth-order valence-corrected chi connectivity index (χ4v) is 3.79. The Bertz CT molecular complexity index is 463. The molecule has 2 heterocycles. The van der Waals surface area contributed by atoms with Crippen LogP contribution in [-0.4, -0.2) is 66.6 Å². The number of piperidine rings is 1. The zero-order chi connectivity index (χ0) is 14.1. The molecule has 2 aliphatic rings. The van der Waals surface area contributed by atoms with Crippen molar-refractivity contribution in [3.05, 3.63) is 16.6 Å². The van der Waals surface area contributed by atoms with Crippen molar-refractivity contribution in [2.24, 2.45) is 5.92 Å². The SMILES string of the molecule is CN(C)CCO[C@@H]1[C@H]2CC[C@H]1N(C(=O)c1cscn1)C2. The molecule has 1 aliphatic heterocycles. The van der Waals surface area contributed by atoms with Crippen molar-refractivity contribution in [2.45, 2.75) is 25.0 Å². The van der Waals surface area contributed by atoms with E-state index in [0.29, 0.717) is 11.6 Å². The van der Waals surface area contributed by atoms with Gasteiger partial charge in [0.25, 0.3) is 5.91 Å². The molecule has 0 N–H and O–H groups in total. The minimum absolute atomic E-state index is 0.0691. The number of ether oxygens (including phenoxy) is 1. The molecule has 1 aromatic heterocycles. The standard InChI is InChI=1S/C14H21N3O2S/c1-16(2)5-6-19-13-10-3-4-12(13)17(7-10)14(18)11-8-20-9-15-11/h8-10,12-13H,3-7H2,1-2H3/t10-,12+,13+/m0/s1. The van der Waals surface area contributed by atoms with Crippen LogP contribution in [0.4, 0.5) is 0 Å². The molecule has 1 saturated heterocycles. The van der Waals surface area contributed by atoms with Crippen LogP contribution in [0.3, 0.4) is 0 Å². The van der Waals surface area contributed by atoms with Crippen LogP contribution in [0.25, 0.3) is 0 Å². The van der Waals surface area contributed by atoms with E-state index in [1.807, 2.05) is 24.4 Å². The van der Waals surface area contributed by atoms with E-state index in [1.165, 1.54) is 17.8 Å². The third-order valence-electron chi connectivity index (χ3n) is 4.27. The van der Waals surface area contributed by atoms with E-state index in [-0.39, 0.29) is 18.1 Å². The van der Waals surface area contributed by atoms with Crippen LogP contribution >= 0.6 is 11.3 Å². The summed E-state index contributed by atoms with van der Waals surface area (Å²) in [4.78, 5) is 20.7. The van der Waals surface area contributed by atoms with Crippen LogP contribution in [0.5, 0.6) is 0 Å². The van der Waals surface area contributed by atoms with E-state index in [4.69, 9.17) is 4.74 Å². The Balaban J connectivity index is 1.62. The van der Waals surface area contributed by atoms with Gasteiger partial charge in [0.2, 0.25) is 0 Å². The summed E-state index contributed by atoms with van der Waals surface area (Å²) < 4.78 is 6.05. The first-order valence-electron chi connectivity index (χ1n) is 7.12. The van der Waals surface area contributed by atoms with Gasteiger partial charge in [-0.05, 0) is 26.9 Å². The van der Waals surface area contributed by atoms with Gasteiger partial charge in [0.1, 0.15) is 5.69 Å². The minimum atomic E-state index is 0.0691. The molecular formula is C14H21N3O2S. The number of amides is 1. The van der Waals surface area contributed by atoms with Gasteiger partial charge in [-0.15, -0.1) is 11.3 Å². The number of thiazole rings is 1. The van der Waals surface area contributed by atoms with E-state index >= 15 is 0 Å². The molecule has 2 fully saturated rings. The zero-order valence-corrected chi connectivity index (χ0v) is 12.8. The normalized spacial score (nSPS) is 28.6. The molecule has 0 aromatic carbocycles. The third kappa shape index (κ3) is 2.60. The fraction of sp³-hybridized carbons (Fsp3) is 0.714. The van der Waals surface area contributed by atoms with Crippen molar-refractivity contribution in [1.82, 2.24) is 14.8 Å². The van der Waals surface area contributed by atoms with Gasteiger partial charge in [-0.2, -0.15) is 0 Å². The van der Waals surface area contributed by atoms with Crippen LogP contribution in [0, 0.1) is 5.92 Å². The van der Waals surface area contributed by atoms with Crippen LogP contribution in [0.15, 0.2) is 10.9 Å². The molecule has 0 spiro atoms. The van der Waals surface area contributed by atoms with Gasteiger partial charge in [-0.25, -0.2) is 4.98 Å². The molecule has 2 bridgehead atoms. The summed E-state index contributed by atoms with van der Waals surface area (Å²) in [5.74, 6) is 0.574. The Labute approximate surface area is 123 Å². The maximum Gasteiger partial charge on any atom is 0.273 e.